The van der Waals surface area contributed by atoms with Gasteiger partial charge in [0.15, 0.2) is 5.78 Å². The summed E-state index contributed by atoms with van der Waals surface area (Å²) in [5.41, 5.74) is 2.91. The molecule has 2 aromatic rings. The molecule has 3 nitrogen and oxygen atoms in total. The van der Waals surface area contributed by atoms with Crippen molar-refractivity contribution in [2.24, 2.45) is 0 Å². The van der Waals surface area contributed by atoms with E-state index in [0.29, 0.717) is 13.0 Å². The number of ketones is 1. The molecule has 0 heterocycles. The van der Waals surface area contributed by atoms with Gasteiger partial charge in [0.1, 0.15) is 12.4 Å². The first-order valence-corrected chi connectivity index (χ1v) is 8.67. The number of aryl methyl sites for hydroxylation is 1. The molecule has 0 amide bonds. The molecule has 128 valence electrons. The minimum Gasteiger partial charge on any atom is -0.489 e. The zero-order chi connectivity index (χ0) is 17.4. The number of carbonyl (C=O) groups is 1. The largest absolute Gasteiger partial charge is 0.489 e. The molecule has 0 aromatic heterocycles. The van der Waals surface area contributed by atoms with Crippen LogP contribution in [0.25, 0.3) is 0 Å². The zero-order valence-electron chi connectivity index (χ0n) is 14.9. The number of rotatable bonds is 9. The standard InChI is InChI=1S/C21H27NO2/c1-4-22(5-2)14-13-20(23)19-11-12-21(17(3)15-19)24-16-18-9-7-6-8-10-18/h6-12,15H,4-5,13-14,16H2,1-3H3. The molecule has 24 heavy (non-hydrogen) atoms. The Morgan fingerprint density at radius 1 is 1.04 bits per heavy atom. The molecule has 0 aliphatic heterocycles. The highest BCUT2D eigenvalue weighted by Gasteiger charge is 2.10. The van der Waals surface area contributed by atoms with Crippen molar-refractivity contribution in [3.63, 3.8) is 0 Å². The van der Waals surface area contributed by atoms with E-state index < -0.39 is 0 Å². The first-order valence-electron chi connectivity index (χ1n) is 8.67. The van der Waals surface area contributed by atoms with Crippen molar-refractivity contribution in [1.29, 1.82) is 0 Å². The third-order valence-corrected chi connectivity index (χ3v) is 4.28. The number of Topliss-reactive ketones (excluding diaryl/α,β-unsaturated/α-hetero) is 1. The molecule has 2 rings (SSSR count). The van der Waals surface area contributed by atoms with E-state index in [0.717, 1.165) is 42.1 Å². The molecular formula is C21H27NO2. The lowest BCUT2D eigenvalue weighted by Gasteiger charge is -2.17. The summed E-state index contributed by atoms with van der Waals surface area (Å²) in [6.07, 6.45) is 0.561. The summed E-state index contributed by atoms with van der Waals surface area (Å²) < 4.78 is 5.87. The van der Waals surface area contributed by atoms with Crippen LogP contribution in [0.1, 0.15) is 41.8 Å². The third-order valence-electron chi connectivity index (χ3n) is 4.28. The van der Waals surface area contributed by atoms with Crippen LogP contribution in [-0.4, -0.2) is 30.3 Å². The first-order chi connectivity index (χ1) is 11.6. The molecule has 0 saturated carbocycles. The van der Waals surface area contributed by atoms with Gasteiger partial charge >= 0.3 is 0 Å². The Morgan fingerprint density at radius 2 is 1.75 bits per heavy atom. The Bertz CT molecular complexity index is 648. The maximum atomic E-state index is 12.4. The second-order valence-corrected chi connectivity index (χ2v) is 5.95. The summed E-state index contributed by atoms with van der Waals surface area (Å²) in [5.74, 6) is 1.03. The number of hydrogen-bond donors (Lipinski definition) is 0. The Hall–Kier alpha value is -2.13. The highest BCUT2D eigenvalue weighted by Crippen LogP contribution is 2.21. The quantitative estimate of drug-likeness (QED) is 0.636. The average molecular weight is 325 g/mol. The monoisotopic (exact) mass is 325 g/mol. The Morgan fingerprint density at radius 3 is 2.38 bits per heavy atom. The minimum atomic E-state index is 0.194. The predicted octanol–water partition coefficient (Wildman–Crippen LogP) is 4.49. The van der Waals surface area contributed by atoms with E-state index in [1.807, 2.05) is 55.5 Å². The molecule has 0 aliphatic carbocycles. The summed E-state index contributed by atoms with van der Waals surface area (Å²) >= 11 is 0. The molecule has 0 unspecified atom stereocenters. The van der Waals surface area contributed by atoms with E-state index in [1.165, 1.54) is 0 Å². The van der Waals surface area contributed by atoms with Crippen LogP contribution in [0.5, 0.6) is 5.75 Å². The van der Waals surface area contributed by atoms with Crippen LogP contribution in [0.2, 0.25) is 0 Å². The topological polar surface area (TPSA) is 29.5 Å². The van der Waals surface area contributed by atoms with Crippen molar-refractivity contribution in [2.45, 2.75) is 33.8 Å². The van der Waals surface area contributed by atoms with Gasteiger partial charge in [0.25, 0.3) is 0 Å². The lowest BCUT2D eigenvalue weighted by atomic mass is 10.0. The van der Waals surface area contributed by atoms with Gasteiger partial charge in [-0.2, -0.15) is 0 Å². The average Bonchev–Trinajstić information content (AvgIpc) is 2.62. The number of benzene rings is 2. The number of carbonyl (C=O) groups excluding carboxylic acids is 1. The summed E-state index contributed by atoms with van der Waals surface area (Å²) in [6.45, 7) is 9.55. The van der Waals surface area contributed by atoms with Crippen LogP contribution < -0.4 is 4.74 Å². The van der Waals surface area contributed by atoms with E-state index >= 15 is 0 Å². The fourth-order valence-corrected chi connectivity index (χ4v) is 2.66. The maximum Gasteiger partial charge on any atom is 0.164 e. The summed E-state index contributed by atoms with van der Waals surface area (Å²) in [7, 11) is 0. The van der Waals surface area contributed by atoms with Crippen LogP contribution in [0.4, 0.5) is 0 Å². The van der Waals surface area contributed by atoms with Crippen molar-refractivity contribution >= 4 is 5.78 Å². The molecule has 0 fully saturated rings. The van der Waals surface area contributed by atoms with E-state index in [-0.39, 0.29) is 5.78 Å². The lowest BCUT2D eigenvalue weighted by molar-refractivity contribution is 0.0966. The third kappa shape index (κ3) is 5.20. The molecule has 0 atom stereocenters. The Balaban J connectivity index is 1.94. The molecule has 0 saturated heterocycles. The van der Waals surface area contributed by atoms with Crippen molar-refractivity contribution < 1.29 is 9.53 Å². The second kappa shape index (κ2) is 9.24. The zero-order valence-corrected chi connectivity index (χ0v) is 14.9. The molecule has 0 spiro atoms. The molecule has 0 N–H and O–H groups in total. The molecule has 0 bridgehead atoms. The molecule has 0 aliphatic rings. The fraction of sp³-hybridized carbons (Fsp3) is 0.381. The van der Waals surface area contributed by atoms with Gasteiger partial charge in [-0.3, -0.25) is 4.79 Å². The smallest absolute Gasteiger partial charge is 0.164 e. The first kappa shape index (κ1) is 18.2. The highest BCUT2D eigenvalue weighted by molar-refractivity contribution is 5.96. The van der Waals surface area contributed by atoms with Crippen LogP contribution in [0.15, 0.2) is 48.5 Å². The predicted molar refractivity (Wildman–Crippen MR) is 98.7 cm³/mol. The molecular weight excluding hydrogens is 298 g/mol. The van der Waals surface area contributed by atoms with Crippen molar-refractivity contribution in [3.8, 4) is 5.75 Å². The van der Waals surface area contributed by atoms with E-state index in [9.17, 15) is 4.79 Å². The molecule has 2 aromatic carbocycles. The summed E-state index contributed by atoms with van der Waals surface area (Å²) in [5, 5.41) is 0. The summed E-state index contributed by atoms with van der Waals surface area (Å²) in [6, 6.07) is 15.8. The Kier molecular flexibility index (Phi) is 7.01. The van der Waals surface area contributed by atoms with Crippen molar-refractivity contribution in [1.82, 2.24) is 4.90 Å². The SMILES string of the molecule is CCN(CC)CCC(=O)c1ccc(OCc2ccccc2)c(C)c1. The maximum absolute atomic E-state index is 12.4. The van der Waals surface area contributed by atoms with Gasteiger partial charge < -0.3 is 9.64 Å². The van der Waals surface area contributed by atoms with Crippen LogP contribution in [0.3, 0.4) is 0 Å². The normalized spacial score (nSPS) is 10.8. The van der Waals surface area contributed by atoms with Gasteiger partial charge in [0, 0.05) is 18.5 Å². The minimum absolute atomic E-state index is 0.194. The highest BCUT2D eigenvalue weighted by atomic mass is 16.5. The van der Waals surface area contributed by atoms with E-state index in [2.05, 4.69) is 18.7 Å². The second-order valence-electron chi connectivity index (χ2n) is 5.95. The van der Waals surface area contributed by atoms with Gasteiger partial charge in [-0.05, 0) is 49.3 Å². The van der Waals surface area contributed by atoms with Crippen LogP contribution in [-0.2, 0) is 6.61 Å². The summed E-state index contributed by atoms with van der Waals surface area (Å²) in [4.78, 5) is 14.6. The van der Waals surface area contributed by atoms with Gasteiger partial charge in [-0.25, -0.2) is 0 Å². The van der Waals surface area contributed by atoms with E-state index in [4.69, 9.17) is 4.74 Å². The van der Waals surface area contributed by atoms with Gasteiger partial charge in [-0.15, -0.1) is 0 Å². The Labute approximate surface area is 145 Å². The van der Waals surface area contributed by atoms with Gasteiger partial charge in [-0.1, -0.05) is 44.2 Å². The number of nitrogens with zero attached hydrogens (tertiary/aromatic N) is 1. The van der Waals surface area contributed by atoms with Crippen molar-refractivity contribution in [2.75, 3.05) is 19.6 Å². The molecule has 0 radical (unpaired) electrons. The number of hydrogen-bond acceptors (Lipinski definition) is 3. The van der Waals surface area contributed by atoms with Crippen molar-refractivity contribution in [3.05, 3.63) is 65.2 Å². The number of ether oxygens (including phenoxy) is 1. The lowest BCUT2D eigenvalue weighted by Crippen LogP contribution is -2.25. The molecule has 3 heteroatoms. The van der Waals surface area contributed by atoms with Gasteiger partial charge in [0.2, 0.25) is 0 Å². The van der Waals surface area contributed by atoms with Crippen LogP contribution in [0, 0.1) is 6.92 Å². The van der Waals surface area contributed by atoms with Crippen LogP contribution >= 0.6 is 0 Å². The van der Waals surface area contributed by atoms with E-state index in [1.54, 1.807) is 0 Å². The van der Waals surface area contributed by atoms with Gasteiger partial charge in [0.05, 0.1) is 0 Å². The fourth-order valence-electron chi connectivity index (χ4n) is 2.66.